The molecule has 2 aromatic rings. The van der Waals surface area contributed by atoms with E-state index >= 15 is 0 Å². The fraction of sp³-hybridized carbons (Fsp3) is 0.542. The van der Waals surface area contributed by atoms with Gasteiger partial charge in [0, 0.05) is 31.3 Å². The molecule has 1 N–H and O–H groups in total. The van der Waals surface area contributed by atoms with Gasteiger partial charge < -0.3 is 14.8 Å². The number of nitrogens with zero attached hydrogens (tertiary/aromatic N) is 1. The van der Waals surface area contributed by atoms with Crippen LogP contribution in [0, 0.1) is 11.3 Å². The van der Waals surface area contributed by atoms with Gasteiger partial charge in [0.05, 0.1) is 11.1 Å². The van der Waals surface area contributed by atoms with Gasteiger partial charge in [-0.25, -0.2) is 4.79 Å². The first-order valence-electron chi connectivity index (χ1n) is 10.6. The maximum Gasteiger partial charge on any atom is 0.339 e. The number of aryl methyl sites for hydroxylation is 1. The summed E-state index contributed by atoms with van der Waals surface area (Å²) in [6.07, 6.45) is 3.42. The second-order valence-electron chi connectivity index (χ2n) is 9.01. The standard InChI is InChI=1S/C24H32N2O4/c1-24(2,3)16-10-11-20-18(14-16)22(17-8-5-6-9-19(17)26-20)23(28)30-15-21(27)25-12-7-13-29-4/h5-6,8-9,16H,7,10-15H2,1-4H3,(H,25,27)/t16-/m1/s1. The average Bonchev–Trinajstić information content (AvgIpc) is 2.72. The third kappa shape index (κ3) is 5.17. The van der Waals surface area contributed by atoms with Crippen LogP contribution in [-0.2, 0) is 27.1 Å². The van der Waals surface area contributed by atoms with Crippen molar-refractivity contribution in [3.05, 3.63) is 41.1 Å². The number of benzene rings is 1. The Hall–Kier alpha value is -2.47. The monoisotopic (exact) mass is 412 g/mol. The number of carbonyl (C=O) groups excluding carboxylic acids is 2. The number of hydrogen-bond donors (Lipinski definition) is 1. The molecule has 0 spiro atoms. The van der Waals surface area contributed by atoms with E-state index in [4.69, 9.17) is 14.5 Å². The van der Waals surface area contributed by atoms with Crippen LogP contribution in [0.4, 0.5) is 0 Å². The van der Waals surface area contributed by atoms with Gasteiger partial charge in [0.25, 0.3) is 5.91 Å². The summed E-state index contributed by atoms with van der Waals surface area (Å²) in [4.78, 5) is 30.0. The molecule has 1 aliphatic carbocycles. The number of para-hydroxylation sites is 1. The quantitative estimate of drug-likeness (QED) is 0.554. The van der Waals surface area contributed by atoms with E-state index in [2.05, 4.69) is 26.1 Å². The molecule has 3 rings (SSSR count). The van der Waals surface area contributed by atoms with E-state index in [1.54, 1.807) is 7.11 Å². The first-order valence-corrected chi connectivity index (χ1v) is 10.6. The highest BCUT2D eigenvalue weighted by atomic mass is 16.5. The van der Waals surface area contributed by atoms with Crippen molar-refractivity contribution in [2.24, 2.45) is 11.3 Å². The molecule has 1 aliphatic rings. The number of amides is 1. The van der Waals surface area contributed by atoms with Crippen molar-refractivity contribution < 1.29 is 19.1 Å². The number of methoxy groups -OCH3 is 1. The minimum Gasteiger partial charge on any atom is -0.452 e. The van der Waals surface area contributed by atoms with Gasteiger partial charge in [0.2, 0.25) is 0 Å². The van der Waals surface area contributed by atoms with Crippen LogP contribution in [0.15, 0.2) is 24.3 Å². The molecule has 0 bridgehead atoms. The third-order valence-electron chi connectivity index (χ3n) is 5.87. The zero-order chi connectivity index (χ0) is 21.7. The van der Waals surface area contributed by atoms with Crippen molar-refractivity contribution in [2.75, 3.05) is 26.9 Å². The predicted molar refractivity (Wildman–Crippen MR) is 116 cm³/mol. The molecule has 6 heteroatoms. The lowest BCUT2D eigenvalue weighted by Gasteiger charge is -2.35. The fourth-order valence-corrected chi connectivity index (χ4v) is 4.06. The van der Waals surface area contributed by atoms with Crippen LogP contribution in [-0.4, -0.2) is 43.7 Å². The number of nitrogens with one attached hydrogen (secondary N) is 1. The molecule has 0 fully saturated rings. The Morgan fingerprint density at radius 3 is 2.73 bits per heavy atom. The second kappa shape index (κ2) is 9.56. The van der Waals surface area contributed by atoms with Gasteiger partial charge in [-0.05, 0) is 48.6 Å². The Morgan fingerprint density at radius 1 is 1.23 bits per heavy atom. The van der Waals surface area contributed by atoms with Crippen molar-refractivity contribution in [1.29, 1.82) is 0 Å². The van der Waals surface area contributed by atoms with E-state index in [9.17, 15) is 9.59 Å². The normalized spacial score (nSPS) is 16.2. The van der Waals surface area contributed by atoms with E-state index in [1.165, 1.54) is 0 Å². The average molecular weight is 413 g/mol. The molecule has 1 aromatic heterocycles. The maximum atomic E-state index is 13.1. The molecule has 30 heavy (non-hydrogen) atoms. The summed E-state index contributed by atoms with van der Waals surface area (Å²) in [6.45, 7) is 7.49. The van der Waals surface area contributed by atoms with Crippen LogP contribution >= 0.6 is 0 Å². The van der Waals surface area contributed by atoms with Crippen molar-refractivity contribution >= 4 is 22.8 Å². The van der Waals surface area contributed by atoms with E-state index in [1.807, 2.05) is 24.3 Å². The van der Waals surface area contributed by atoms with Gasteiger partial charge in [0.15, 0.2) is 6.61 Å². The minimum atomic E-state index is -0.452. The molecule has 0 saturated heterocycles. The molecular formula is C24H32N2O4. The number of carbonyl (C=O) groups is 2. The van der Waals surface area contributed by atoms with Crippen LogP contribution < -0.4 is 5.32 Å². The Kier molecular flexibility index (Phi) is 7.08. The van der Waals surface area contributed by atoms with Crippen molar-refractivity contribution in [3.8, 4) is 0 Å². The number of aromatic nitrogens is 1. The number of esters is 1. The number of fused-ring (bicyclic) bond motifs is 2. The number of ether oxygens (including phenoxy) is 2. The van der Waals surface area contributed by atoms with E-state index in [0.717, 1.165) is 41.4 Å². The highest BCUT2D eigenvalue weighted by Crippen LogP contribution is 2.39. The van der Waals surface area contributed by atoms with Gasteiger partial charge in [-0.2, -0.15) is 0 Å². The molecule has 6 nitrogen and oxygen atoms in total. The molecule has 1 heterocycles. The largest absolute Gasteiger partial charge is 0.452 e. The SMILES string of the molecule is COCCCNC(=O)COC(=O)c1c2c(nc3ccccc13)CC[C@@H](C(C)(C)C)C2. The van der Waals surface area contributed by atoms with Crippen molar-refractivity contribution in [3.63, 3.8) is 0 Å². The maximum absolute atomic E-state index is 13.1. The molecule has 0 unspecified atom stereocenters. The Morgan fingerprint density at radius 2 is 2.00 bits per heavy atom. The van der Waals surface area contributed by atoms with Gasteiger partial charge in [-0.15, -0.1) is 0 Å². The van der Waals surface area contributed by atoms with Gasteiger partial charge in [0.1, 0.15) is 0 Å². The lowest BCUT2D eigenvalue weighted by Crippen LogP contribution is -2.31. The molecule has 1 aromatic carbocycles. The van der Waals surface area contributed by atoms with Crippen LogP contribution in [0.3, 0.4) is 0 Å². The highest BCUT2D eigenvalue weighted by Gasteiger charge is 2.33. The van der Waals surface area contributed by atoms with E-state index < -0.39 is 5.97 Å². The Labute approximate surface area is 178 Å². The molecule has 1 atom stereocenters. The fourth-order valence-electron chi connectivity index (χ4n) is 4.06. The number of hydrogen-bond acceptors (Lipinski definition) is 5. The summed E-state index contributed by atoms with van der Waals surface area (Å²) < 4.78 is 10.4. The van der Waals surface area contributed by atoms with Crippen LogP contribution in [0.1, 0.15) is 55.2 Å². The molecule has 1 amide bonds. The molecule has 162 valence electrons. The highest BCUT2D eigenvalue weighted by molar-refractivity contribution is 6.05. The first kappa shape index (κ1) is 22.2. The summed E-state index contributed by atoms with van der Waals surface area (Å²) in [6, 6.07) is 7.65. The Bertz CT molecular complexity index is 917. The summed E-state index contributed by atoms with van der Waals surface area (Å²) >= 11 is 0. The van der Waals surface area contributed by atoms with Crippen molar-refractivity contribution in [2.45, 2.75) is 46.5 Å². The second-order valence-corrected chi connectivity index (χ2v) is 9.01. The topological polar surface area (TPSA) is 77.5 Å². The first-order chi connectivity index (χ1) is 14.3. The molecule has 0 aliphatic heterocycles. The predicted octanol–water partition coefficient (Wildman–Crippen LogP) is 3.70. The number of rotatable bonds is 7. The van der Waals surface area contributed by atoms with E-state index in [-0.39, 0.29) is 17.9 Å². The lowest BCUT2D eigenvalue weighted by atomic mass is 9.70. The summed E-state index contributed by atoms with van der Waals surface area (Å²) in [5, 5.41) is 3.53. The zero-order valence-electron chi connectivity index (χ0n) is 18.4. The van der Waals surface area contributed by atoms with E-state index in [0.29, 0.717) is 31.1 Å². The summed E-state index contributed by atoms with van der Waals surface area (Å²) in [5.41, 5.74) is 3.46. The molecule has 0 saturated carbocycles. The van der Waals surface area contributed by atoms with Crippen LogP contribution in [0.5, 0.6) is 0 Å². The van der Waals surface area contributed by atoms with Crippen molar-refractivity contribution in [1.82, 2.24) is 10.3 Å². The van der Waals surface area contributed by atoms with Gasteiger partial charge in [-0.3, -0.25) is 9.78 Å². The van der Waals surface area contributed by atoms with Gasteiger partial charge >= 0.3 is 5.97 Å². The Balaban J connectivity index is 1.83. The summed E-state index contributed by atoms with van der Waals surface area (Å²) in [5.74, 6) is -0.297. The smallest absolute Gasteiger partial charge is 0.339 e. The zero-order valence-corrected chi connectivity index (χ0v) is 18.4. The third-order valence-corrected chi connectivity index (χ3v) is 5.87. The molecular weight excluding hydrogens is 380 g/mol. The van der Waals surface area contributed by atoms with Crippen LogP contribution in [0.2, 0.25) is 0 Å². The van der Waals surface area contributed by atoms with Gasteiger partial charge in [-0.1, -0.05) is 39.0 Å². The van der Waals surface area contributed by atoms with Crippen LogP contribution in [0.25, 0.3) is 10.9 Å². The minimum absolute atomic E-state index is 0.145. The summed E-state index contributed by atoms with van der Waals surface area (Å²) in [7, 11) is 1.62. The lowest BCUT2D eigenvalue weighted by molar-refractivity contribution is -0.124. The molecule has 0 radical (unpaired) electrons. The number of pyridine rings is 1.